The molecule has 0 aliphatic carbocycles. The minimum absolute atomic E-state index is 0. The van der Waals surface area contributed by atoms with Crippen molar-refractivity contribution in [1.82, 2.24) is 4.98 Å². The third-order valence-corrected chi connectivity index (χ3v) is 0.813. The molecule has 0 saturated heterocycles. The maximum Gasteiger partial charge on any atom is 2.00 e. The Bertz CT molecular complexity index is 138. The smallest absolute Gasteiger partial charge is 0.262 e. The van der Waals surface area contributed by atoms with Gasteiger partial charge in [0.2, 0.25) is 0 Å². The van der Waals surface area contributed by atoms with Gasteiger partial charge < -0.3 is 0 Å². The molecule has 0 unspecified atom stereocenters. The summed E-state index contributed by atoms with van der Waals surface area (Å²) in [5, 5.41) is 0. The van der Waals surface area contributed by atoms with Crippen molar-refractivity contribution in [2.45, 2.75) is 6.92 Å². The van der Waals surface area contributed by atoms with Crippen molar-refractivity contribution >= 4 is 0 Å². The molecule has 1 aromatic rings. The molecule has 0 aliphatic heterocycles. The van der Waals surface area contributed by atoms with Gasteiger partial charge in [-0.2, -0.15) is 0 Å². The van der Waals surface area contributed by atoms with E-state index in [4.69, 9.17) is 0 Å². The Balaban J connectivity index is 0.000000490. The van der Waals surface area contributed by atoms with E-state index in [1.54, 1.807) is 6.20 Å². The Kier molecular flexibility index (Phi) is 3.72. The van der Waals surface area contributed by atoms with Crippen LogP contribution < -0.4 is 0 Å². The fourth-order valence-corrected chi connectivity index (χ4v) is 0.448. The van der Waals surface area contributed by atoms with Gasteiger partial charge in [0.1, 0.15) is 0 Å². The minimum atomic E-state index is 0. The maximum absolute atomic E-state index is 3.98. The summed E-state index contributed by atoms with van der Waals surface area (Å²) in [5.74, 6) is 0. The van der Waals surface area contributed by atoms with Gasteiger partial charge >= 0.3 is 21.1 Å². The quantitative estimate of drug-likeness (QED) is 0.703. The summed E-state index contributed by atoms with van der Waals surface area (Å²) in [5.41, 5.74) is 1.07. The molecule has 0 aromatic carbocycles. The molecule has 1 aromatic heterocycles. The third-order valence-electron chi connectivity index (χ3n) is 0.813. The zero-order chi connectivity index (χ0) is 5.11. The van der Waals surface area contributed by atoms with E-state index >= 15 is 0 Å². The molecule has 0 amide bonds. The molecule has 1 nitrogen and oxygen atoms in total. The molecule has 0 spiro atoms. The SMILES string of the molecule is Cc1ccccn1.[Pt+2]. The van der Waals surface area contributed by atoms with Crippen molar-refractivity contribution in [1.29, 1.82) is 0 Å². The van der Waals surface area contributed by atoms with Crippen LogP contribution in [-0.4, -0.2) is 4.98 Å². The van der Waals surface area contributed by atoms with Gasteiger partial charge in [-0.05, 0) is 19.1 Å². The first-order valence-corrected chi connectivity index (χ1v) is 2.27. The summed E-state index contributed by atoms with van der Waals surface area (Å²) in [6.45, 7) is 1.97. The summed E-state index contributed by atoms with van der Waals surface area (Å²) in [4.78, 5) is 3.98. The van der Waals surface area contributed by atoms with Gasteiger partial charge in [-0.3, -0.25) is 4.98 Å². The van der Waals surface area contributed by atoms with Crippen LogP contribution in [0.5, 0.6) is 0 Å². The van der Waals surface area contributed by atoms with Crippen molar-refractivity contribution < 1.29 is 21.1 Å². The second kappa shape index (κ2) is 3.79. The largest absolute Gasteiger partial charge is 2.00 e. The number of hydrogen-bond acceptors (Lipinski definition) is 1. The Morgan fingerprint density at radius 3 is 2.38 bits per heavy atom. The fourth-order valence-electron chi connectivity index (χ4n) is 0.448. The van der Waals surface area contributed by atoms with E-state index in [0.29, 0.717) is 0 Å². The normalized spacial score (nSPS) is 7.62. The average molecular weight is 288 g/mol. The van der Waals surface area contributed by atoms with Crippen LogP contribution in [0.15, 0.2) is 24.4 Å². The molecule has 0 saturated carbocycles. The molecular formula is C6H7NPt+2. The van der Waals surface area contributed by atoms with Gasteiger partial charge in [0.05, 0.1) is 0 Å². The Hall–Kier alpha value is -0.162. The van der Waals surface area contributed by atoms with E-state index in [1.165, 1.54) is 0 Å². The van der Waals surface area contributed by atoms with E-state index in [0.717, 1.165) is 5.69 Å². The average Bonchev–Trinajstić information content (AvgIpc) is 1.69. The van der Waals surface area contributed by atoms with Crippen molar-refractivity contribution in [3.63, 3.8) is 0 Å². The van der Waals surface area contributed by atoms with E-state index < -0.39 is 0 Å². The Morgan fingerprint density at radius 2 is 2.12 bits per heavy atom. The number of pyridine rings is 1. The Labute approximate surface area is 63.4 Å². The van der Waals surface area contributed by atoms with Gasteiger partial charge in [-0.25, -0.2) is 0 Å². The first kappa shape index (κ1) is 7.84. The molecule has 44 valence electrons. The molecule has 2 heteroatoms. The van der Waals surface area contributed by atoms with Crippen LogP contribution in [0.25, 0.3) is 0 Å². The van der Waals surface area contributed by atoms with E-state index in [9.17, 15) is 0 Å². The van der Waals surface area contributed by atoms with Crippen LogP contribution >= 0.6 is 0 Å². The predicted molar refractivity (Wildman–Crippen MR) is 29.0 cm³/mol. The molecule has 0 N–H and O–H groups in total. The number of aromatic nitrogens is 1. The standard InChI is InChI=1S/C6H7N.Pt/c1-6-4-2-3-5-7-6;/h2-5H,1H3;/q;+2. The van der Waals surface area contributed by atoms with Crippen LogP contribution in [0.2, 0.25) is 0 Å². The first-order valence-electron chi connectivity index (χ1n) is 2.27. The van der Waals surface area contributed by atoms with Gasteiger partial charge in [-0.1, -0.05) is 6.07 Å². The van der Waals surface area contributed by atoms with Crippen LogP contribution in [-0.2, 0) is 21.1 Å². The zero-order valence-electron chi connectivity index (χ0n) is 4.57. The zero-order valence-corrected chi connectivity index (χ0v) is 6.85. The fraction of sp³-hybridized carbons (Fsp3) is 0.167. The second-order valence-corrected chi connectivity index (χ2v) is 1.47. The molecule has 0 fully saturated rings. The van der Waals surface area contributed by atoms with Crippen LogP contribution in [0.4, 0.5) is 0 Å². The molecule has 0 bridgehead atoms. The van der Waals surface area contributed by atoms with Crippen molar-refractivity contribution in [3.8, 4) is 0 Å². The third kappa shape index (κ3) is 2.22. The summed E-state index contributed by atoms with van der Waals surface area (Å²) < 4.78 is 0. The van der Waals surface area contributed by atoms with Crippen LogP contribution in [0.3, 0.4) is 0 Å². The molecule has 8 heavy (non-hydrogen) atoms. The van der Waals surface area contributed by atoms with Gasteiger partial charge in [0.15, 0.2) is 0 Å². The topological polar surface area (TPSA) is 12.9 Å². The second-order valence-electron chi connectivity index (χ2n) is 1.47. The molecule has 0 atom stereocenters. The summed E-state index contributed by atoms with van der Waals surface area (Å²) in [7, 11) is 0. The molecular weight excluding hydrogens is 281 g/mol. The van der Waals surface area contributed by atoms with E-state index in [2.05, 4.69) is 4.98 Å². The monoisotopic (exact) mass is 288 g/mol. The van der Waals surface area contributed by atoms with Crippen molar-refractivity contribution in [2.24, 2.45) is 0 Å². The van der Waals surface area contributed by atoms with Crippen molar-refractivity contribution in [3.05, 3.63) is 30.1 Å². The van der Waals surface area contributed by atoms with Gasteiger partial charge in [0.25, 0.3) is 0 Å². The van der Waals surface area contributed by atoms with E-state index in [-0.39, 0.29) is 21.1 Å². The van der Waals surface area contributed by atoms with Crippen LogP contribution in [0, 0.1) is 6.92 Å². The number of nitrogens with zero attached hydrogens (tertiary/aromatic N) is 1. The van der Waals surface area contributed by atoms with Crippen molar-refractivity contribution in [2.75, 3.05) is 0 Å². The number of aryl methyl sites for hydroxylation is 1. The molecule has 0 radical (unpaired) electrons. The first-order chi connectivity index (χ1) is 3.39. The summed E-state index contributed by atoms with van der Waals surface area (Å²) in [6, 6.07) is 5.86. The van der Waals surface area contributed by atoms with Gasteiger partial charge in [0, 0.05) is 11.9 Å². The maximum atomic E-state index is 3.98. The predicted octanol–water partition coefficient (Wildman–Crippen LogP) is 1.39. The molecule has 0 aliphatic rings. The minimum Gasteiger partial charge on any atom is -0.262 e. The van der Waals surface area contributed by atoms with Gasteiger partial charge in [-0.15, -0.1) is 0 Å². The molecule has 1 heterocycles. The Morgan fingerprint density at radius 1 is 1.38 bits per heavy atom. The number of rotatable bonds is 0. The number of hydrogen-bond donors (Lipinski definition) is 0. The summed E-state index contributed by atoms with van der Waals surface area (Å²) >= 11 is 0. The van der Waals surface area contributed by atoms with E-state index in [1.807, 2.05) is 25.1 Å². The molecule has 1 rings (SSSR count). The summed E-state index contributed by atoms with van der Waals surface area (Å²) in [6.07, 6.45) is 1.79. The van der Waals surface area contributed by atoms with Crippen LogP contribution in [0.1, 0.15) is 5.69 Å².